The molecule has 0 bridgehead atoms. The monoisotopic (exact) mass is 455 g/mol. The van der Waals surface area contributed by atoms with Crippen molar-refractivity contribution < 1.29 is 17.6 Å². The molecule has 7 nitrogen and oxygen atoms in total. The number of ether oxygens (including phenoxy) is 1. The summed E-state index contributed by atoms with van der Waals surface area (Å²) in [7, 11) is -2.39. The minimum Gasteiger partial charge on any atom is -0.497 e. The average molecular weight is 456 g/mol. The Bertz CT molecular complexity index is 1270. The summed E-state index contributed by atoms with van der Waals surface area (Å²) in [6.45, 7) is 0.314. The molecule has 4 rings (SSSR count). The predicted octanol–water partition coefficient (Wildman–Crippen LogP) is 4.84. The molecule has 158 valence electrons. The Morgan fingerprint density at radius 1 is 1.06 bits per heavy atom. The van der Waals surface area contributed by atoms with E-state index in [0.717, 1.165) is 5.56 Å². The maximum Gasteiger partial charge on any atom is 0.234 e. The molecule has 1 N–H and O–H groups in total. The highest BCUT2D eigenvalue weighted by molar-refractivity contribution is 7.91. The molecule has 31 heavy (non-hydrogen) atoms. The number of hydrogen-bond donors (Lipinski definition) is 1. The number of anilines is 1. The number of sulfone groups is 1. The lowest BCUT2D eigenvalue weighted by Crippen LogP contribution is -2.07. The van der Waals surface area contributed by atoms with Crippen LogP contribution >= 0.6 is 11.6 Å². The van der Waals surface area contributed by atoms with Gasteiger partial charge in [0, 0.05) is 29.5 Å². The predicted molar refractivity (Wildman–Crippen MR) is 117 cm³/mol. The molecule has 2 heterocycles. The molecular weight excluding hydrogens is 438 g/mol. The molecule has 0 fully saturated rings. The van der Waals surface area contributed by atoms with Crippen LogP contribution in [0.4, 0.5) is 5.88 Å². The van der Waals surface area contributed by atoms with Crippen molar-refractivity contribution in [3.63, 3.8) is 0 Å². The maximum atomic E-state index is 13.3. The van der Waals surface area contributed by atoms with Gasteiger partial charge in [-0.2, -0.15) is 4.98 Å². The van der Waals surface area contributed by atoms with Gasteiger partial charge >= 0.3 is 0 Å². The van der Waals surface area contributed by atoms with Crippen LogP contribution in [0, 0.1) is 0 Å². The average Bonchev–Trinajstić information content (AvgIpc) is 3.24. The largest absolute Gasteiger partial charge is 0.497 e. The van der Waals surface area contributed by atoms with E-state index in [0.29, 0.717) is 22.9 Å². The third-order valence-corrected chi connectivity index (χ3v) is 6.42. The third kappa shape index (κ3) is 4.55. The minimum atomic E-state index is -3.96. The summed E-state index contributed by atoms with van der Waals surface area (Å²) < 4.78 is 37.6. The van der Waals surface area contributed by atoms with Crippen LogP contribution < -0.4 is 10.1 Å². The van der Waals surface area contributed by atoms with Crippen molar-refractivity contribution in [3.8, 4) is 17.2 Å². The summed E-state index contributed by atoms with van der Waals surface area (Å²) in [5, 5.41) is 3.26. The number of nitrogens with one attached hydrogen (secondary N) is 1. The van der Waals surface area contributed by atoms with E-state index in [9.17, 15) is 8.42 Å². The number of methoxy groups -OCH3 is 1. The van der Waals surface area contributed by atoms with E-state index < -0.39 is 9.84 Å². The van der Waals surface area contributed by atoms with Crippen LogP contribution in [0.2, 0.25) is 5.02 Å². The van der Waals surface area contributed by atoms with Gasteiger partial charge in [-0.25, -0.2) is 8.42 Å². The Balaban J connectivity index is 1.75. The number of nitrogens with zero attached hydrogens (tertiary/aromatic N) is 2. The highest BCUT2D eigenvalue weighted by Crippen LogP contribution is 2.33. The number of pyridine rings is 1. The molecule has 0 atom stereocenters. The normalized spacial score (nSPS) is 11.3. The molecule has 0 saturated carbocycles. The zero-order valence-electron chi connectivity index (χ0n) is 16.4. The smallest absolute Gasteiger partial charge is 0.234 e. The highest BCUT2D eigenvalue weighted by Gasteiger charge is 2.28. The van der Waals surface area contributed by atoms with E-state index in [-0.39, 0.29) is 21.7 Å². The molecule has 0 radical (unpaired) electrons. The zero-order chi connectivity index (χ0) is 21.8. The number of rotatable bonds is 7. The first-order chi connectivity index (χ1) is 15.0. The molecule has 4 aromatic rings. The SMILES string of the molecule is COc1ccc(-c2nc(S(=O)(=O)c3ccc(Cl)cc3)c(NCc3cccnc3)o2)cc1. The third-order valence-electron chi connectivity index (χ3n) is 4.49. The van der Waals surface area contributed by atoms with Crippen LogP contribution in [0.3, 0.4) is 0 Å². The summed E-state index contributed by atoms with van der Waals surface area (Å²) in [6.07, 6.45) is 3.34. The van der Waals surface area contributed by atoms with E-state index in [1.807, 2.05) is 6.07 Å². The Morgan fingerprint density at radius 2 is 1.81 bits per heavy atom. The van der Waals surface area contributed by atoms with Gasteiger partial charge in [-0.3, -0.25) is 4.98 Å². The number of aromatic nitrogens is 2. The molecule has 0 amide bonds. The van der Waals surface area contributed by atoms with E-state index in [1.54, 1.807) is 49.8 Å². The standard InChI is InChI=1S/C22H18ClN3O4S/c1-29-18-8-4-16(5-9-18)20-26-22(31(27,28)19-10-6-17(23)7-11-19)21(30-20)25-14-15-3-2-12-24-13-15/h2-13,25H,14H2,1H3. The first-order valence-corrected chi connectivity index (χ1v) is 11.1. The second-order valence-corrected chi connectivity index (χ2v) is 8.86. The summed E-state index contributed by atoms with van der Waals surface area (Å²) in [5.41, 5.74) is 1.47. The van der Waals surface area contributed by atoms with Crippen molar-refractivity contribution in [3.05, 3.63) is 83.6 Å². The molecule has 0 aliphatic rings. The van der Waals surface area contributed by atoms with E-state index in [2.05, 4.69) is 15.3 Å². The lowest BCUT2D eigenvalue weighted by molar-refractivity contribution is 0.415. The van der Waals surface area contributed by atoms with Crippen molar-refractivity contribution in [2.75, 3.05) is 12.4 Å². The lowest BCUT2D eigenvalue weighted by atomic mass is 10.2. The molecule has 0 unspecified atom stereocenters. The number of hydrogen-bond acceptors (Lipinski definition) is 7. The van der Waals surface area contributed by atoms with Crippen molar-refractivity contribution in [2.45, 2.75) is 16.5 Å². The first-order valence-electron chi connectivity index (χ1n) is 9.26. The molecule has 0 saturated heterocycles. The summed E-state index contributed by atoms with van der Waals surface area (Å²) in [4.78, 5) is 8.44. The van der Waals surface area contributed by atoms with Crippen molar-refractivity contribution in [1.29, 1.82) is 0 Å². The quantitative estimate of drug-likeness (QED) is 0.426. The number of halogens is 1. The van der Waals surface area contributed by atoms with Gasteiger partial charge in [0.15, 0.2) is 0 Å². The highest BCUT2D eigenvalue weighted by atomic mass is 35.5. The van der Waals surface area contributed by atoms with Gasteiger partial charge < -0.3 is 14.5 Å². The molecule has 0 aliphatic carbocycles. The van der Waals surface area contributed by atoms with E-state index in [1.165, 1.54) is 24.3 Å². The topological polar surface area (TPSA) is 94.3 Å². The fourth-order valence-electron chi connectivity index (χ4n) is 2.87. The summed E-state index contributed by atoms with van der Waals surface area (Å²) >= 11 is 5.91. The molecule has 9 heteroatoms. The molecule has 0 spiro atoms. The number of benzene rings is 2. The minimum absolute atomic E-state index is 0.0459. The van der Waals surface area contributed by atoms with Gasteiger partial charge in [0.25, 0.3) is 0 Å². The lowest BCUT2D eigenvalue weighted by Gasteiger charge is -2.06. The van der Waals surface area contributed by atoms with Crippen LogP contribution in [0.15, 0.2) is 87.4 Å². The zero-order valence-corrected chi connectivity index (χ0v) is 18.0. The maximum absolute atomic E-state index is 13.3. The second-order valence-electron chi connectivity index (χ2n) is 6.55. The number of oxazole rings is 1. The van der Waals surface area contributed by atoms with E-state index >= 15 is 0 Å². The van der Waals surface area contributed by atoms with Gasteiger partial charge in [-0.05, 0) is 60.2 Å². The molecule has 2 aromatic heterocycles. The van der Waals surface area contributed by atoms with Crippen LogP contribution in [-0.2, 0) is 16.4 Å². The van der Waals surface area contributed by atoms with Crippen LogP contribution in [0.25, 0.3) is 11.5 Å². The fourth-order valence-corrected chi connectivity index (χ4v) is 4.27. The Labute approximate surface area is 184 Å². The molecule has 2 aromatic carbocycles. The van der Waals surface area contributed by atoms with Crippen molar-refractivity contribution in [2.24, 2.45) is 0 Å². The van der Waals surface area contributed by atoms with Gasteiger partial charge in [0.1, 0.15) is 5.75 Å². The fraction of sp³-hybridized carbons (Fsp3) is 0.0909. The Kier molecular flexibility index (Phi) is 5.92. The van der Waals surface area contributed by atoms with Gasteiger partial charge in [0.2, 0.25) is 26.6 Å². The van der Waals surface area contributed by atoms with Crippen molar-refractivity contribution >= 4 is 27.3 Å². The molecule has 0 aliphatic heterocycles. The Morgan fingerprint density at radius 3 is 2.45 bits per heavy atom. The summed E-state index contributed by atoms with van der Waals surface area (Å²) in [6, 6.07) is 16.5. The van der Waals surface area contributed by atoms with Crippen LogP contribution in [0.1, 0.15) is 5.56 Å². The van der Waals surface area contributed by atoms with Crippen LogP contribution in [-0.4, -0.2) is 25.5 Å². The Hall–Kier alpha value is -3.36. The van der Waals surface area contributed by atoms with Gasteiger partial charge in [-0.15, -0.1) is 0 Å². The van der Waals surface area contributed by atoms with Gasteiger partial charge in [-0.1, -0.05) is 17.7 Å². The van der Waals surface area contributed by atoms with Crippen LogP contribution in [0.5, 0.6) is 5.75 Å². The van der Waals surface area contributed by atoms with E-state index in [4.69, 9.17) is 20.8 Å². The second kappa shape index (κ2) is 8.79. The summed E-state index contributed by atoms with van der Waals surface area (Å²) in [5.74, 6) is 0.882. The molecular formula is C22H18ClN3O4S. The van der Waals surface area contributed by atoms with Gasteiger partial charge in [0.05, 0.1) is 12.0 Å². The first kappa shape index (κ1) is 20.9. The van der Waals surface area contributed by atoms with Crippen molar-refractivity contribution in [1.82, 2.24) is 9.97 Å².